The summed E-state index contributed by atoms with van der Waals surface area (Å²) in [6.07, 6.45) is 1.47. The number of nitrogens with zero attached hydrogens (tertiary/aromatic N) is 2. The van der Waals surface area contributed by atoms with E-state index >= 15 is 0 Å². The highest BCUT2D eigenvalue weighted by Gasteiger charge is 2.11. The summed E-state index contributed by atoms with van der Waals surface area (Å²) in [6.45, 7) is 3.80. The molecule has 0 unspecified atom stereocenters. The molecule has 2 rings (SSSR count). The Hall–Kier alpha value is -2.63. The number of carbonyl (C=O) groups is 2. The van der Waals surface area contributed by atoms with E-state index in [0.29, 0.717) is 0 Å². The van der Waals surface area contributed by atoms with Crippen molar-refractivity contribution in [1.29, 1.82) is 0 Å². The number of rotatable bonds is 4. The second-order valence-electron chi connectivity index (χ2n) is 4.52. The molecule has 104 valence electrons. The highest BCUT2D eigenvalue weighted by Crippen LogP contribution is 2.19. The first kappa shape index (κ1) is 13.8. The molecule has 0 aliphatic carbocycles. The Morgan fingerprint density at radius 3 is 2.45 bits per heavy atom. The highest BCUT2D eigenvalue weighted by molar-refractivity contribution is 5.92. The third-order valence-electron chi connectivity index (χ3n) is 2.91. The minimum atomic E-state index is -1.11. The third kappa shape index (κ3) is 3.03. The molecular weight excluding hydrogens is 258 g/mol. The highest BCUT2D eigenvalue weighted by atomic mass is 16.4. The molecule has 2 N–H and O–H groups in total. The van der Waals surface area contributed by atoms with Crippen LogP contribution in [0.1, 0.15) is 21.6 Å². The average Bonchev–Trinajstić information content (AvgIpc) is 2.82. The molecule has 1 heterocycles. The number of carbonyl (C=O) groups excluding carboxylic acids is 1. The van der Waals surface area contributed by atoms with Crippen molar-refractivity contribution in [3.63, 3.8) is 0 Å². The first-order valence-corrected chi connectivity index (χ1v) is 6.10. The topological polar surface area (TPSA) is 84.2 Å². The maximum absolute atomic E-state index is 11.9. The van der Waals surface area contributed by atoms with Gasteiger partial charge in [0.2, 0.25) is 5.91 Å². The van der Waals surface area contributed by atoms with E-state index in [1.165, 1.54) is 16.9 Å². The molecule has 0 radical (unpaired) electrons. The van der Waals surface area contributed by atoms with Gasteiger partial charge in [0, 0.05) is 11.9 Å². The molecule has 20 heavy (non-hydrogen) atoms. The number of hydrogen-bond donors (Lipinski definition) is 2. The molecule has 0 spiro atoms. The lowest BCUT2D eigenvalue weighted by Gasteiger charge is -2.11. The van der Waals surface area contributed by atoms with Crippen LogP contribution in [0.15, 0.2) is 30.5 Å². The van der Waals surface area contributed by atoms with Gasteiger partial charge in [-0.2, -0.15) is 5.10 Å². The second-order valence-corrected chi connectivity index (χ2v) is 4.52. The summed E-state index contributed by atoms with van der Waals surface area (Å²) in [4.78, 5) is 22.7. The number of nitrogens with one attached hydrogen (secondary N) is 1. The van der Waals surface area contributed by atoms with Gasteiger partial charge in [-0.3, -0.25) is 9.48 Å². The van der Waals surface area contributed by atoms with Gasteiger partial charge in [0.1, 0.15) is 6.54 Å². The first-order valence-electron chi connectivity index (χ1n) is 6.10. The molecule has 2 aromatic rings. The largest absolute Gasteiger partial charge is 0.476 e. The van der Waals surface area contributed by atoms with Crippen molar-refractivity contribution in [2.24, 2.45) is 0 Å². The van der Waals surface area contributed by atoms with Crippen molar-refractivity contribution in [2.75, 3.05) is 5.32 Å². The van der Waals surface area contributed by atoms with Crippen LogP contribution in [0.5, 0.6) is 0 Å². The fourth-order valence-corrected chi connectivity index (χ4v) is 1.90. The number of para-hydroxylation sites is 1. The summed E-state index contributed by atoms with van der Waals surface area (Å²) in [5.41, 5.74) is 2.66. The Kier molecular flexibility index (Phi) is 3.84. The molecule has 1 aromatic carbocycles. The van der Waals surface area contributed by atoms with Gasteiger partial charge >= 0.3 is 5.97 Å². The van der Waals surface area contributed by atoms with Crippen LogP contribution in [0.3, 0.4) is 0 Å². The molecule has 0 bridgehead atoms. The molecule has 1 aromatic heterocycles. The van der Waals surface area contributed by atoms with E-state index in [-0.39, 0.29) is 18.1 Å². The minimum absolute atomic E-state index is 0.0267. The number of aromatic nitrogens is 2. The van der Waals surface area contributed by atoms with Gasteiger partial charge in [-0.25, -0.2) is 4.79 Å². The SMILES string of the molecule is Cc1cccc(C)c1NC(=O)Cn1ccc(C(=O)O)n1. The fraction of sp³-hybridized carbons (Fsp3) is 0.214. The summed E-state index contributed by atoms with van der Waals surface area (Å²) >= 11 is 0. The fourth-order valence-electron chi connectivity index (χ4n) is 1.90. The predicted molar refractivity (Wildman–Crippen MR) is 73.7 cm³/mol. The molecule has 1 amide bonds. The van der Waals surface area contributed by atoms with Crippen LogP contribution in [-0.4, -0.2) is 26.8 Å². The van der Waals surface area contributed by atoms with E-state index < -0.39 is 5.97 Å². The Bertz CT molecular complexity index is 641. The van der Waals surface area contributed by atoms with Crippen LogP contribution in [0.2, 0.25) is 0 Å². The lowest BCUT2D eigenvalue weighted by atomic mass is 10.1. The summed E-state index contributed by atoms with van der Waals surface area (Å²) < 4.78 is 1.30. The van der Waals surface area contributed by atoms with Crippen molar-refractivity contribution in [2.45, 2.75) is 20.4 Å². The lowest BCUT2D eigenvalue weighted by Crippen LogP contribution is -2.20. The van der Waals surface area contributed by atoms with E-state index in [1.54, 1.807) is 0 Å². The summed E-state index contributed by atoms with van der Waals surface area (Å²) in [5, 5.41) is 15.4. The molecule has 6 nitrogen and oxygen atoms in total. The van der Waals surface area contributed by atoms with E-state index in [9.17, 15) is 9.59 Å². The van der Waals surface area contributed by atoms with E-state index in [1.807, 2.05) is 32.0 Å². The van der Waals surface area contributed by atoms with Crippen LogP contribution < -0.4 is 5.32 Å². The van der Waals surface area contributed by atoms with Gasteiger partial charge in [0.25, 0.3) is 0 Å². The molecule has 0 saturated carbocycles. The molecule has 0 aliphatic heterocycles. The van der Waals surface area contributed by atoms with Crippen molar-refractivity contribution >= 4 is 17.6 Å². The van der Waals surface area contributed by atoms with Gasteiger partial charge in [-0.05, 0) is 31.0 Å². The summed E-state index contributed by atoms with van der Waals surface area (Å²) in [5.74, 6) is -1.36. The smallest absolute Gasteiger partial charge is 0.356 e. The Balaban J connectivity index is 2.07. The molecule has 0 atom stereocenters. The molecule has 0 fully saturated rings. The molecular formula is C14H15N3O3. The van der Waals surface area contributed by atoms with Crippen molar-refractivity contribution < 1.29 is 14.7 Å². The summed E-state index contributed by atoms with van der Waals surface area (Å²) in [7, 11) is 0. The summed E-state index contributed by atoms with van der Waals surface area (Å²) in [6, 6.07) is 7.11. The standard InChI is InChI=1S/C14H15N3O3/c1-9-4-3-5-10(2)13(9)15-12(18)8-17-7-6-11(16-17)14(19)20/h3-7H,8H2,1-2H3,(H,15,18)(H,19,20). The maximum atomic E-state index is 11.9. The lowest BCUT2D eigenvalue weighted by molar-refractivity contribution is -0.116. The number of aryl methyl sites for hydroxylation is 2. The van der Waals surface area contributed by atoms with Crippen molar-refractivity contribution in [3.8, 4) is 0 Å². The number of carboxylic acid groups (broad SMARTS) is 1. The van der Waals surface area contributed by atoms with Crippen LogP contribution in [0, 0.1) is 13.8 Å². The van der Waals surface area contributed by atoms with E-state index in [2.05, 4.69) is 10.4 Å². The Labute approximate surface area is 116 Å². The monoisotopic (exact) mass is 273 g/mol. The molecule has 0 saturated heterocycles. The number of benzene rings is 1. The molecule has 0 aliphatic rings. The van der Waals surface area contributed by atoms with Crippen LogP contribution in [-0.2, 0) is 11.3 Å². The number of amides is 1. The number of aromatic carboxylic acids is 1. The zero-order chi connectivity index (χ0) is 14.7. The predicted octanol–water partition coefficient (Wildman–Crippen LogP) is 1.84. The van der Waals surface area contributed by atoms with E-state index in [4.69, 9.17) is 5.11 Å². The second kappa shape index (κ2) is 5.56. The van der Waals surface area contributed by atoms with Gasteiger partial charge in [-0.1, -0.05) is 18.2 Å². The van der Waals surface area contributed by atoms with Gasteiger partial charge in [-0.15, -0.1) is 0 Å². The van der Waals surface area contributed by atoms with Gasteiger partial charge < -0.3 is 10.4 Å². The van der Waals surface area contributed by atoms with Gasteiger partial charge in [0.15, 0.2) is 5.69 Å². The van der Waals surface area contributed by atoms with Crippen LogP contribution >= 0.6 is 0 Å². The van der Waals surface area contributed by atoms with Crippen LogP contribution in [0.25, 0.3) is 0 Å². The zero-order valence-electron chi connectivity index (χ0n) is 11.3. The maximum Gasteiger partial charge on any atom is 0.356 e. The van der Waals surface area contributed by atoms with Crippen molar-refractivity contribution in [1.82, 2.24) is 9.78 Å². The number of hydrogen-bond acceptors (Lipinski definition) is 3. The van der Waals surface area contributed by atoms with Gasteiger partial charge in [0.05, 0.1) is 0 Å². The first-order chi connectivity index (χ1) is 9.47. The molecule has 6 heteroatoms. The Morgan fingerprint density at radius 2 is 1.90 bits per heavy atom. The van der Waals surface area contributed by atoms with Crippen LogP contribution in [0.4, 0.5) is 5.69 Å². The quantitative estimate of drug-likeness (QED) is 0.890. The Morgan fingerprint density at radius 1 is 1.25 bits per heavy atom. The number of anilines is 1. The van der Waals surface area contributed by atoms with Crippen molar-refractivity contribution in [3.05, 3.63) is 47.3 Å². The minimum Gasteiger partial charge on any atom is -0.476 e. The zero-order valence-corrected chi connectivity index (χ0v) is 11.3. The van der Waals surface area contributed by atoms with E-state index in [0.717, 1.165) is 16.8 Å². The number of carboxylic acids is 1. The normalized spacial score (nSPS) is 10.3. The third-order valence-corrected chi connectivity index (χ3v) is 2.91. The average molecular weight is 273 g/mol.